The maximum atomic E-state index is 5.72. The summed E-state index contributed by atoms with van der Waals surface area (Å²) in [6.07, 6.45) is 0.933. The van der Waals surface area contributed by atoms with E-state index in [0.717, 1.165) is 17.9 Å². The molecule has 2 atom stereocenters. The largest absolute Gasteiger partial charge is 0.496 e. The van der Waals surface area contributed by atoms with Crippen molar-refractivity contribution in [1.82, 2.24) is 5.32 Å². The highest BCUT2D eigenvalue weighted by molar-refractivity contribution is 5.39. The highest BCUT2D eigenvalue weighted by Crippen LogP contribution is 2.32. The highest BCUT2D eigenvalue weighted by atomic mass is 16.5. The van der Waals surface area contributed by atoms with E-state index in [-0.39, 0.29) is 6.04 Å². The van der Waals surface area contributed by atoms with Gasteiger partial charge < -0.3 is 14.8 Å². The van der Waals surface area contributed by atoms with Gasteiger partial charge in [-0.25, -0.2) is 0 Å². The molecular weight excluding hydrogens is 262 g/mol. The van der Waals surface area contributed by atoms with Crippen LogP contribution in [-0.4, -0.2) is 19.8 Å². The molecule has 0 aromatic heterocycles. The fourth-order valence-corrected chi connectivity index (χ4v) is 2.90. The van der Waals surface area contributed by atoms with Crippen molar-refractivity contribution in [2.45, 2.75) is 25.4 Å². The molecule has 110 valence electrons. The molecule has 3 rings (SSSR count). The molecule has 1 aliphatic rings. The number of hydrogen-bond donors (Lipinski definition) is 1. The van der Waals surface area contributed by atoms with Gasteiger partial charge in [0, 0.05) is 11.6 Å². The fraction of sp³-hybridized carbons (Fsp3) is 0.333. The van der Waals surface area contributed by atoms with Crippen LogP contribution >= 0.6 is 0 Å². The number of fused-ring (bicyclic) bond motifs is 1. The Bertz CT molecular complexity index is 612. The summed E-state index contributed by atoms with van der Waals surface area (Å²) in [6, 6.07) is 17.0. The van der Waals surface area contributed by atoms with Crippen molar-refractivity contribution in [3.8, 4) is 11.5 Å². The molecule has 2 aromatic rings. The molecule has 0 fully saturated rings. The minimum Gasteiger partial charge on any atom is -0.496 e. The van der Waals surface area contributed by atoms with Gasteiger partial charge in [0.25, 0.3) is 0 Å². The second-order valence-corrected chi connectivity index (χ2v) is 5.49. The maximum Gasteiger partial charge on any atom is 0.124 e. The van der Waals surface area contributed by atoms with E-state index >= 15 is 0 Å². The van der Waals surface area contributed by atoms with E-state index in [1.54, 1.807) is 7.11 Å². The van der Waals surface area contributed by atoms with Gasteiger partial charge in [-0.15, -0.1) is 0 Å². The van der Waals surface area contributed by atoms with Crippen LogP contribution in [-0.2, 0) is 6.42 Å². The van der Waals surface area contributed by atoms with Crippen LogP contribution < -0.4 is 14.8 Å². The highest BCUT2D eigenvalue weighted by Gasteiger charge is 2.24. The van der Waals surface area contributed by atoms with Gasteiger partial charge in [-0.1, -0.05) is 36.4 Å². The Hall–Kier alpha value is -2.00. The van der Waals surface area contributed by atoms with E-state index in [4.69, 9.17) is 9.47 Å². The predicted octanol–water partition coefficient (Wildman–Crippen LogP) is 3.35. The average molecular weight is 283 g/mol. The van der Waals surface area contributed by atoms with Gasteiger partial charge in [0.05, 0.1) is 13.2 Å². The Morgan fingerprint density at radius 3 is 2.81 bits per heavy atom. The zero-order valence-corrected chi connectivity index (χ0v) is 12.5. The summed E-state index contributed by atoms with van der Waals surface area (Å²) in [6.45, 7) is 2.91. The van der Waals surface area contributed by atoms with E-state index in [9.17, 15) is 0 Å². The summed E-state index contributed by atoms with van der Waals surface area (Å²) in [4.78, 5) is 0. The Kier molecular flexibility index (Phi) is 4.11. The van der Waals surface area contributed by atoms with E-state index in [2.05, 4.69) is 36.5 Å². The third kappa shape index (κ3) is 3.03. The van der Waals surface area contributed by atoms with E-state index in [0.29, 0.717) is 12.6 Å². The maximum absolute atomic E-state index is 5.72. The predicted molar refractivity (Wildman–Crippen MR) is 84.0 cm³/mol. The molecule has 0 spiro atoms. The van der Waals surface area contributed by atoms with Crippen molar-refractivity contribution >= 4 is 0 Å². The molecule has 3 heteroatoms. The number of methoxy groups -OCH3 is 1. The van der Waals surface area contributed by atoms with Crippen LogP contribution in [0.5, 0.6) is 11.5 Å². The molecule has 1 N–H and O–H groups in total. The molecule has 2 unspecified atom stereocenters. The number of nitrogens with one attached hydrogen (secondary N) is 1. The van der Waals surface area contributed by atoms with Crippen molar-refractivity contribution in [2.75, 3.05) is 13.7 Å². The number of hydrogen-bond acceptors (Lipinski definition) is 3. The first-order chi connectivity index (χ1) is 10.3. The number of benzene rings is 2. The molecule has 1 aliphatic heterocycles. The molecule has 1 heterocycles. The smallest absolute Gasteiger partial charge is 0.124 e. The SMILES string of the molecule is COc1ccccc1CC(C)NC1COc2ccccc21. The zero-order chi connectivity index (χ0) is 14.7. The second-order valence-electron chi connectivity index (χ2n) is 5.49. The van der Waals surface area contributed by atoms with E-state index in [1.165, 1.54) is 11.1 Å². The summed E-state index contributed by atoms with van der Waals surface area (Å²) in [5.74, 6) is 1.95. The van der Waals surface area contributed by atoms with Crippen LogP contribution in [0, 0.1) is 0 Å². The van der Waals surface area contributed by atoms with Gasteiger partial charge in [-0.05, 0) is 31.0 Å². The van der Waals surface area contributed by atoms with Crippen LogP contribution in [0.1, 0.15) is 24.1 Å². The molecule has 0 aliphatic carbocycles. The summed E-state index contributed by atoms with van der Waals surface area (Å²) in [5.41, 5.74) is 2.48. The van der Waals surface area contributed by atoms with Gasteiger partial charge in [0.1, 0.15) is 18.1 Å². The Morgan fingerprint density at radius 1 is 1.19 bits per heavy atom. The molecule has 0 radical (unpaired) electrons. The van der Waals surface area contributed by atoms with Crippen molar-refractivity contribution in [3.05, 3.63) is 59.7 Å². The van der Waals surface area contributed by atoms with Gasteiger partial charge >= 0.3 is 0 Å². The number of ether oxygens (including phenoxy) is 2. The molecule has 0 bridgehead atoms. The van der Waals surface area contributed by atoms with Gasteiger partial charge in [-0.3, -0.25) is 0 Å². The van der Waals surface area contributed by atoms with Crippen LogP contribution in [0.25, 0.3) is 0 Å². The van der Waals surface area contributed by atoms with Crippen molar-refractivity contribution in [1.29, 1.82) is 0 Å². The topological polar surface area (TPSA) is 30.5 Å². The molecule has 21 heavy (non-hydrogen) atoms. The molecule has 2 aromatic carbocycles. The first-order valence-corrected chi connectivity index (χ1v) is 7.37. The minimum absolute atomic E-state index is 0.269. The molecule has 3 nitrogen and oxygen atoms in total. The first-order valence-electron chi connectivity index (χ1n) is 7.37. The molecule has 0 amide bonds. The van der Waals surface area contributed by atoms with Crippen molar-refractivity contribution in [2.24, 2.45) is 0 Å². The van der Waals surface area contributed by atoms with Crippen molar-refractivity contribution in [3.63, 3.8) is 0 Å². The van der Waals surface area contributed by atoms with Crippen LogP contribution in [0.3, 0.4) is 0 Å². The van der Waals surface area contributed by atoms with E-state index in [1.807, 2.05) is 24.3 Å². The third-order valence-corrected chi connectivity index (χ3v) is 3.90. The Balaban J connectivity index is 1.66. The quantitative estimate of drug-likeness (QED) is 0.913. The Labute approximate surface area is 125 Å². The standard InChI is InChI=1S/C18H21NO2/c1-13(11-14-7-3-5-9-17(14)20-2)19-16-12-21-18-10-6-4-8-15(16)18/h3-10,13,16,19H,11-12H2,1-2H3. The lowest BCUT2D eigenvalue weighted by Gasteiger charge is -2.20. The van der Waals surface area contributed by atoms with Crippen LogP contribution in [0.2, 0.25) is 0 Å². The van der Waals surface area contributed by atoms with Crippen LogP contribution in [0.15, 0.2) is 48.5 Å². The van der Waals surface area contributed by atoms with Crippen molar-refractivity contribution < 1.29 is 9.47 Å². The normalized spacial score (nSPS) is 17.9. The van der Waals surface area contributed by atoms with E-state index < -0.39 is 0 Å². The Morgan fingerprint density at radius 2 is 1.95 bits per heavy atom. The van der Waals surface area contributed by atoms with Gasteiger partial charge in [0.15, 0.2) is 0 Å². The number of rotatable bonds is 5. The molecule has 0 saturated heterocycles. The molecular formula is C18H21NO2. The lowest BCUT2D eigenvalue weighted by molar-refractivity contribution is 0.299. The summed E-state index contributed by atoms with van der Waals surface area (Å²) >= 11 is 0. The zero-order valence-electron chi connectivity index (χ0n) is 12.5. The second kappa shape index (κ2) is 6.19. The summed E-state index contributed by atoms with van der Waals surface area (Å²) < 4.78 is 11.1. The average Bonchev–Trinajstić information content (AvgIpc) is 2.91. The monoisotopic (exact) mass is 283 g/mol. The lowest BCUT2D eigenvalue weighted by Crippen LogP contribution is -2.33. The fourth-order valence-electron chi connectivity index (χ4n) is 2.90. The van der Waals surface area contributed by atoms with Gasteiger partial charge in [-0.2, -0.15) is 0 Å². The summed E-state index contributed by atoms with van der Waals surface area (Å²) in [5, 5.41) is 3.65. The minimum atomic E-state index is 0.269. The first kappa shape index (κ1) is 14.0. The summed E-state index contributed by atoms with van der Waals surface area (Å²) in [7, 11) is 1.72. The molecule has 0 saturated carbocycles. The van der Waals surface area contributed by atoms with Crippen LogP contribution in [0.4, 0.5) is 0 Å². The number of para-hydroxylation sites is 2. The third-order valence-electron chi connectivity index (χ3n) is 3.90. The van der Waals surface area contributed by atoms with Gasteiger partial charge in [0.2, 0.25) is 0 Å². The lowest BCUT2D eigenvalue weighted by atomic mass is 10.0.